The molecule has 1 aromatic carbocycles. The summed E-state index contributed by atoms with van der Waals surface area (Å²) >= 11 is 0. The van der Waals surface area contributed by atoms with Gasteiger partial charge in [0, 0.05) is 18.6 Å². The van der Waals surface area contributed by atoms with Crippen LogP contribution in [0.5, 0.6) is 0 Å². The summed E-state index contributed by atoms with van der Waals surface area (Å²) < 4.78 is 1.66. The van der Waals surface area contributed by atoms with E-state index in [1.807, 2.05) is 30.3 Å². The number of rotatable bonds is 6. The fourth-order valence-electron chi connectivity index (χ4n) is 2.56. The van der Waals surface area contributed by atoms with Gasteiger partial charge in [0.25, 0.3) is 5.91 Å². The van der Waals surface area contributed by atoms with Crippen LogP contribution in [0, 0.1) is 0 Å². The Morgan fingerprint density at radius 3 is 2.68 bits per heavy atom. The number of benzene rings is 1. The van der Waals surface area contributed by atoms with Crippen LogP contribution >= 0.6 is 0 Å². The first-order valence-corrected chi connectivity index (χ1v) is 8.18. The third-order valence-electron chi connectivity index (χ3n) is 4.02. The zero-order valence-electron chi connectivity index (χ0n) is 14.0. The molecule has 6 heteroatoms. The van der Waals surface area contributed by atoms with Crippen molar-refractivity contribution in [2.75, 3.05) is 6.61 Å². The molecule has 0 aliphatic heterocycles. The van der Waals surface area contributed by atoms with Crippen LogP contribution in [0.2, 0.25) is 0 Å². The van der Waals surface area contributed by atoms with Gasteiger partial charge >= 0.3 is 0 Å². The Bertz CT molecular complexity index is 829. The van der Waals surface area contributed by atoms with Gasteiger partial charge in [0.15, 0.2) is 0 Å². The first-order valence-electron chi connectivity index (χ1n) is 8.18. The first-order chi connectivity index (χ1) is 12.2. The van der Waals surface area contributed by atoms with E-state index in [0.29, 0.717) is 0 Å². The van der Waals surface area contributed by atoms with E-state index in [4.69, 9.17) is 0 Å². The number of hydrogen-bond donors (Lipinski definition) is 2. The molecule has 128 valence electrons. The monoisotopic (exact) mass is 336 g/mol. The van der Waals surface area contributed by atoms with Crippen LogP contribution in [0.25, 0.3) is 5.69 Å². The highest BCUT2D eigenvalue weighted by atomic mass is 16.3. The first kappa shape index (κ1) is 16.9. The molecule has 0 saturated carbocycles. The van der Waals surface area contributed by atoms with Crippen molar-refractivity contribution in [1.82, 2.24) is 20.1 Å². The van der Waals surface area contributed by atoms with E-state index < -0.39 is 6.04 Å². The van der Waals surface area contributed by atoms with Gasteiger partial charge in [-0.25, -0.2) is 4.68 Å². The van der Waals surface area contributed by atoms with Crippen molar-refractivity contribution in [2.45, 2.75) is 19.4 Å². The number of pyridine rings is 1. The maximum absolute atomic E-state index is 12.5. The van der Waals surface area contributed by atoms with Gasteiger partial charge in [0.05, 0.1) is 18.3 Å². The minimum atomic E-state index is -0.478. The van der Waals surface area contributed by atoms with E-state index in [0.717, 1.165) is 17.7 Å². The minimum Gasteiger partial charge on any atom is -0.394 e. The molecule has 0 aliphatic rings. The van der Waals surface area contributed by atoms with Crippen molar-refractivity contribution in [3.05, 3.63) is 77.9 Å². The second-order valence-corrected chi connectivity index (χ2v) is 5.65. The molecule has 1 atom stereocenters. The average molecular weight is 336 g/mol. The fraction of sp³-hybridized carbons (Fsp3) is 0.211. The zero-order chi connectivity index (χ0) is 17.6. The van der Waals surface area contributed by atoms with Crippen LogP contribution in [-0.4, -0.2) is 32.4 Å². The summed E-state index contributed by atoms with van der Waals surface area (Å²) in [5, 5.41) is 16.6. The molecule has 0 fully saturated rings. The van der Waals surface area contributed by atoms with Crippen molar-refractivity contribution in [3.63, 3.8) is 0 Å². The quantitative estimate of drug-likeness (QED) is 0.724. The van der Waals surface area contributed by atoms with Gasteiger partial charge in [-0.15, -0.1) is 0 Å². The summed E-state index contributed by atoms with van der Waals surface area (Å²) in [4.78, 5) is 16.6. The number of hydrogen-bond acceptors (Lipinski definition) is 4. The second-order valence-electron chi connectivity index (χ2n) is 5.65. The lowest BCUT2D eigenvalue weighted by molar-refractivity contribution is 0.0911. The lowest BCUT2D eigenvalue weighted by Gasteiger charge is -2.17. The van der Waals surface area contributed by atoms with Crippen LogP contribution in [0.1, 0.15) is 34.6 Å². The molecule has 0 radical (unpaired) electrons. The van der Waals surface area contributed by atoms with Crippen LogP contribution in [0.15, 0.2) is 61.1 Å². The average Bonchev–Trinajstić information content (AvgIpc) is 3.21. The molecular formula is C19H20N4O2. The second kappa shape index (κ2) is 7.72. The molecule has 3 aromatic rings. The smallest absolute Gasteiger partial charge is 0.270 e. The normalized spacial score (nSPS) is 11.9. The lowest BCUT2D eigenvalue weighted by atomic mass is 10.0. The van der Waals surface area contributed by atoms with Gasteiger partial charge in [0.2, 0.25) is 0 Å². The number of aryl methyl sites for hydroxylation is 1. The Labute approximate surface area is 146 Å². The van der Waals surface area contributed by atoms with Crippen LogP contribution in [0.4, 0.5) is 0 Å². The SMILES string of the molecule is CCc1ccc(C(CO)NC(=O)c2cc(-n3cccn3)ccn2)cc1. The summed E-state index contributed by atoms with van der Waals surface area (Å²) in [6.45, 7) is 1.90. The van der Waals surface area contributed by atoms with E-state index >= 15 is 0 Å². The van der Waals surface area contributed by atoms with Crippen LogP contribution < -0.4 is 5.32 Å². The molecule has 2 heterocycles. The van der Waals surface area contributed by atoms with Gasteiger partial charge < -0.3 is 10.4 Å². The molecule has 0 spiro atoms. The predicted molar refractivity (Wildman–Crippen MR) is 94.5 cm³/mol. The number of carbonyl (C=O) groups excluding carboxylic acids is 1. The standard InChI is InChI=1S/C19H20N4O2/c1-2-14-4-6-15(7-5-14)18(13-24)22-19(25)17-12-16(8-10-20-17)23-11-3-9-21-23/h3-12,18,24H,2,13H2,1H3,(H,22,25). The van der Waals surface area contributed by atoms with E-state index in [1.54, 1.807) is 35.4 Å². The number of nitrogens with zero attached hydrogens (tertiary/aromatic N) is 3. The topological polar surface area (TPSA) is 80.0 Å². The Balaban J connectivity index is 1.77. The van der Waals surface area contributed by atoms with Gasteiger partial charge in [0.1, 0.15) is 5.69 Å². The highest BCUT2D eigenvalue weighted by molar-refractivity contribution is 5.93. The zero-order valence-corrected chi connectivity index (χ0v) is 14.0. The summed E-state index contributed by atoms with van der Waals surface area (Å²) in [6.07, 6.45) is 5.97. The molecule has 1 unspecified atom stereocenters. The molecule has 25 heavy (non-hydrogen) atoms. The summed E-state index contributed by atoms with van der Waals surface area (Å²) in [7, 11) is 0. The third kappa shape index (κ3) is 3.92. The van der Waals surface area contributed by atoms with E-state index in [-0.39, 0.29) is 18.2 Å². The van der Waals surface area contributed by atoms with Gasteiger partial charge in [-0.3, -0.25) is 9.78 Å². The van der Waals surface area contributed by atoms with Crippen LogP contribution in [-0.2, 0) is 6.42 Å². The molecule has 0 aliphatic carbocycles. The van der Waals surface area contributed by atoms with Crippen molar-refractivity contribution >= 4 is 5.91 Å². The number of amides is 1. The molecule has 0 bridgehead atoms. The number of nitrogens with one attached hydrogen (secondary N) is 1. The molecule has 2 aromatic heterocycles. The summed E-state index contributed by atoms with van der Waals surface area (Å²) in [6, 6.07) is 12.6. The van der Waals surface area contributed by atoms with Crippen molar-refractivity contribution in [3.8, 4) is 5.69 Å². The third-order valence-corrected chi connectivity index (χ3v) is 4.02. The van der Waals surface area contributed by atoms with E-state index in [2.05, 4.69) is 22.3 Å². The lowest BCUT2D eigenvalue weighted by Crippen LogP contribution is -2.31. The number of carbonyl (C=O) groups is 1. The maximum Gasteiger partial charge on any atom is 0.270 e. The van der Waals surface area contributed by atoms with Crippen LogP contribution in [0.3, 0.4) is 0 Å². The molecular weight excluding hydrogens is 316 g/mol. The van der Waals surface area contributed by atoms with Crippen molar-refractivity contribution < 1.29 is 9.90 Å². The number of aromatic nitrogens is 3. The molecule has 3 rings (SSSR count). The molecule has 1 amide bonds. The van der Waals surface area contributed by atoms with E-state index in [1.165, 1.54) is 5.56 Å². The summed E-state index contributed by atoms with van der Waals surface area (Å²) in [5.74, 6) is -0.340. The largest absolute Gasteiger partial charge is 0.394 e. The molecule has 2 N–H and O–H groups in total. The predicted octanol–water partition coefficient (Wildman–Crippen LogP) is 2.29. The summed E-state index contributed by atoms with van der Waals surface area (Å²) in [5.41, 5.74) is 3.09. The Morgan fingerprint density at radius 1 is 1.24 bits per heavy atom. The maximum atomic E-state index is 12.5. The Hall–Kier alpha value is -2.99. The molecule has 0 saturated heterocycles. The fourth-order valence-corrected chi connectivity index (χ4v) is 2.56. The number of aliphatic hydroxyl groups excluding tert-OH is 1. The molecule has 6 nitrogen and oxygen atoms in total. The van der Waals surface area contributed by atoms with Gasteiger partial charge in [-0.05, 0) is 35.7 Å². The highest BCUT2D eigenvalue weighted by Crippen LogP contribution is 2.15. The van der Waals surface area contributed by atoms with Crippen molar-refractivity contribution in [1.29, 1.82) is 0 Å². The Kier molecular flexibility index (Phi) is 5.20. The highest BCUT2D eigenvalue weighted by Gasteiger charge is 2.16. The Morgan fingerprint density at radius 2 is 2.04 bits per heavy atom. The minimum absolute atomic E-state index is 0.184. The van der Waals surface area contributed by atoms with Gasteiger partial charge in [-0.1, -0.05) is 31.2 Å². The van der Waals surface area contributed by atoms with Crippen molar-refractivity contribution in [2.24, 2.45) is 0 Å². The van der Waals surface area contributed by atoms with Gasteiger partial charge in [-0.2, -0.15) is 5.10 Å². The number of aliphatic hydroxyl groups is 1. The van der Waals surface area contributed by atoms with E-state index in [9.17, 15) is 9.90 Å².